The number of carbonyl (C=O) groups is 2. The monoisotopic (exact) mass is 592 g/mol. The zero-order valence-electron chi connectivity index (χ0n) is 22.8. The molecular weight excluding hydrogens is 556 g/mol. The van der Waals surface area contributed by atoms with Crippen LogP contribution in [0, 0.1) is 13.8 Å². The molecule has 2 amide bonds. The van der Waals surface area contributed by atoms with Gasteiger partial charge in [0.1, 0.15) is 5.69 Å². The van der Waals surface area contributed by atoms with Gasteiger partial charge < -0.3 is 19.4 Å². The van der Waals surface area contributed by atoms with E-state index in [1.165, 1.54) is 13.0 Å². The minimum Gasteiger partial charge on any atom is -0.365 e. The van der Waals surface area contributed by atoms with E-state index >= 15 is 0 Å². The van der Waals surface area contributed by atoms with Gasteiger partial charge in [0.25, 0.3) is 15.9 Å². The van der Waals surface area contributed by atoms with Crippen molar-refractivity contribution >= 4 is 39.3 Å². The number of carbonyl (C=O) groups excluding carboxylic acids is 2. The van der Waals surface area contributed by atoms with Crippen LogP contribution in [0.25, 0.3) is 0 Å². The van der Waals surface area contributed by atoms with Gasteiger partial charge in [-0.2, -0.15) is 11.8 Å². The molecule has 1 aromatic heterocycles. The van der Waals surface area contributed by atoms with E-state index in [-0.39, 0.29) is 52.0 Å². The molecule has 4 N–H and O–H groups in total. The molecule has 0 saturated carbocycles. The standard InChI is InChI=1S/C26H36N6O6S2/c1-15-13-31(10-11-32(15)22(33)9-5-8-21-23-20(14-39-21)27-26(35)28-23)25(34)18-6-4-7-19(12-18)30-40(36,37)24-16(2)29-38-17(24)3/h4,6-7,12,15,20-21,23,26-28,30,35H,5,8-11,13-14H2,1-3H3/t15?,20-,21-,23-,26?/m0/s1. The number of sulfonamides is 1. The van der Waals surface area contributed by atoms with E-state index in [9.17, 15) is 23.1 Å². The molecular formula is C26H36N6O6S2. The number of thioether (sulfide) groups is 1. The number of fused-ring (bicyclic) bond motifs is 1. The topological polar surface area (TPSA) is 157 Å². The summed E-state index contributed by atoms with van der Waals surface area (Å²) in [7, 11) is -3.94. The molecule has 1 aromatic carbocycles. The van der Waals surface area contributed by atoms with Crippen molar-refractivity contribution in [3.63, 3.8) is 0 Å². The first kappa shape index (κ1) is 28.9. The summed E-state index contributed by atoms with van der Waals surface area (Å²) in [5.41, 5.74) is 0.878. The Morgan fingerprint density at radius 3 is 2.77 bits per heavy atom. The van der Waals surface area contributed by atoms with Gasteiger partial charge in [-0.3, -0.25) is 24.9 Å². The fourth-order valence-electron chi connectivity index (χ4n) is 5.84. The van der Waals surface area contributed by atoms with E-state index < -0.39 is 16.4 Å². The van der Waals surface area contributed by atoms with Crippen molar-refractivity contribution in [1.82, 2.24) is 25.6 Å². The van der Waals surface area contributed by atoms with Gasteiger partial charge >= 0.3 is 0 Å². The van der Waals surface area contributed by atoms with Gasteiger partial charge in [-0.1, -0.05) is 11.2 Å². The zero-order valence-corrected chi connectivity index (χ0v) is 24.4. The lowest BCUT2D eigenvalue weighted by molar-refractivity contribution is -0.135. The van der Waals surface area contributed by atoms with Gasteiger partial charge in [0.15, 0.2) is 17.0 Å². The number of aryl methyl sites for hydroxylation is 2. The van der Waals surface area contributed by atoms with Gasteiger partial charge in [-0.25, -0.2) is 8.42 Å². The molecule has 3 saturated heterocycles. The van der Waals surface area contributed by atoms with Crippen LogP contribution in [0.5, 0.6) is 0 Å². The van der Waals surface area contributed by atoms with Crippen molar-refractivity contribution in [3.8, 4) is 0 Å². The van der Waals surface area contributed by atoms with Crippen LogP contribution in [-0.2, 0) is 14.8 Å². The van der Waals surface area contributed by atoms with Crippen molar-refractivity contribution < 1.29 is 27.6 Å². The Kier molecular flexibility index (Phi) is 8.43. The van der Waals surface area contributed by atoms with Gasteiger partial charge in [0.05, 0.1) is 0 Å². The van der Waals surface area contributed by atoms with Gasteiger partial charge in [-0.05, 0) is 51.8 Å². The Morgan fingerprint density at radius 1 is 1.25 bits per heavy atom. The third-order valence-corrected chi connectivity index (χ3v) is 10.9. The minimum atomic E-state index is -3.94. The molecule has 0 aliphatic carbocycles. The number of aliphatic hydroxyl groups is 1. The van der Waals surface area contributed by atoms with E-state index in [0.717, 1.165) is 18.6 Å². The number of amides is 2. The molecule has 2 aromatic rings. The predicted molar refractivity (Wildman–Crippen MR) is 150 cm³/mol. The van der Waals surface area contributed by atoms with Crippen LogP contribution in [0.2, 0.25) is 0 Å². The Bertz CT molecular complexity index is 1350. The fraction of sp³-hybridized carbons (Fsp3) is 0.577. The van der Waals surface area contributed by atoms with E-state index in [1.54, 1.807) is 30.0 Å². The molecule has 5 atom stereocenters. The summed E-state index contributed by atoms with van der Waals surface area (Å²) < 4.78 is 33.3. The number of aromatic nitrogens is 1. The largest absolute Gasteiger partial charge is 0.365 e. The second-order valence-corrected chi connectivity index (χ2v) is 13.6. The highest BCUT2D eigenvalue weighted by molar-refractivity contribution is 8.00. The van der Waals surface area contributed by atoms with Crippen LogP contribution >= 0.6 is 11.8 Å². The molecule has 14 heteroatoms. The third-order valence-electron chi connectivity index (χ3n) is 7.76. The van der Waals surface area contributed by atoms with Crippen molar-refractivity contribution in [2.75, 3.05) is 30.1 Å². The van der Waals surface area contributed by atoms with Crippen molar-refractivity contribution in [3.05, 3.63) is 41.3 Å². The summed E-state index contributed by atoms with van der Waals surface area (Å²) in [5.74, 6) is 1.01. The Morgan fingerprint density at radius 2 is 2.05 bits per heavy atom. The van der Waals surface area contributed by atoms with Gasteiger partial charge in [0, 0.05) is 66.4 Å². The lowest BCUT2D eigenvalue weighted by Crippen LogP contribution is -2.55. The maximum atomic E-state index is 13.3. The molecule has 0 bridgehead atoms. The van der Waals surface area contributed by atoms with Crippen molar-refractivity contribution in [2.24, 2.45) is 0 Å². The molecule has 0 radical (unpaired) electrons. The Labute approximate surface area is 238 Å². The highest BCUT2D eigenvalue weighted by Gasteiger charge is 2.42. The maximum Gasteiger partial charge on any atom is 0.267 e. The van der Waals surface area contributed by atoms with Crippen LogP contribution < -0.4 is 15.4 Å². The average Bonchev–Trinajstić information content (AvgIpc) is 3.57. The molecule has 5 rings (SSSR count). The molecule has 0 spiro atoms. The van der Waals surface area contributed by atoms with E-state index in [0.29, 0.717) is 36.9 Å². The first-order valence-electron chi connectivity index (χ1n) is 13.5. The normalized spacial score (nSPS) is 26.6. The summed E-state index contributed by atoms with van der Waals surface area (Å²) in [6.07, 6.45) is 1.48. The minimum absolute atomic E-state index is 0.0176. The van der Waals surface area contributed by atoms with E-state index in [4.69, 9.17) is 4.52 Å². The van der Waals surface area contributed by atoms with Crippen molar-refractivity contribution in [1.29, 1.82) is 0 Å². The molecule has 3 fully saturated rings. The van der Waals surface area contributed by atoms with Crippen LogP contribution in [0.4, 0.5) is 5.69 Å². The number of aliphatic hydroxyl groups excluding tert-OH is 1. The number of nitrogens with zero attached hydrogens (tertiary/aromatic N) is 3. The van der Waals surface area contributed by atoms with Crippen LogP contribution in [0.3, 0.4) is 0 Å². The lowest BCUT2D eigenvalue weighted by Gasteiger charge is -2.40. The quantitative estimate of drug-likeness (QED) is 0.352. The first-order valence-corrected chi connectivity index (χ1v) is 16.0. The molecule has 3 aliphatic rings. The first-order chi connectivity index (χ1) is 19.0. The predicted octanol–water partition coefficient (Wildman–Crippen LogP) is 1.26. The van der Waals surface area contributed by atoms with Crippen LogP contribution in [0.1, 0.15) is 48.0 Å². The van der Waals surface area contributed by atoms with E-state index in [2.05, 4.69) is 20.5 Å². The number of anilines is 1. The number of hydrogen-bond acceptors (Lipinski definition) is 10. The molecule has 2 unspecified atom stereocenters. The summed E-state index contributed by atoms with van der Waals surface area (Å²) in [4.78, 5) is 29.8. The summed E-state index contributed by atoms with van der Waals surface area (Å²) in [6, 6.07) is 6.74. The highest BCUT2D eigenvalue weighted by Crippen LogP contribution is 2.33. The summed E-state index contributed by atoms with van der Waals surface area (Å²) >= 11 is 1.88. The fourth-order valence-corrected chi connectivity index (χ4v) is 8.79. The summed E-state index contributed by atoms with van der Waals surface area (Å²) in [6.45, 7) is 6.27. The Hall–Kier alpha value is -2.65. The van der Waals surface area contributed by atoms with Gasteiger partial charge in [-0.15, -0.1) is 0 Å². The molecule has 12 nitrogen and oxygen atoms in total. The average molecular weight is 593 g/mol. The smallest absolute Gasteiger partial charge is 0.267 e. The molecule has 3 aliphatic heterocycles. The summed E-state index contributed by atoms with van der Waals surface area (Å²) in [5, 5.41) is 20.1. The number of nitrogens with one attached hydrogen (secondary N) is 3. The van der Waals surface area contributed by atoms with Crippen molar-refractivity contribution in [2.45, 2.75) is 74.7 Å². The maximum absolute atomic E-state index is 13.3. The second kappa shape index (κ2) is 11.7. The highest BCUT2D eigenvalue weighted by atomic mass is 32.2. The third kappa shape index (κ3) is 6.00. The lowest BCUT2D eigenvalue weighted by atomic mass is 10.0. The molecule has 40 heavy (non-hydrogen) atoms. The number of rotatable bonds is 8. The molecule has 218 valence electrons. The van der Waals surface area contributed by atoms with Crippen LogP contribution in [0.15, 0.2) is 33.7 Å². The number of benzene rings is 1. The Balaban J connectivity index is 1.13. The second-order valence-electron chi connectivity index (χ2n) is 10.7. The van der Waals surface area contributed by atoms with Gasteiger partial charge in [0.2, 0.25) is 5.91 Å². The SMILES string of the molecule is Cc1noc(C)c1S(=O)(=O)Nc1cccc(C(=O)N2CCN(C(=O)CCC[C@@H]3SC[C@@H]4NC(O)N[C@@H]43)C(C)C2)c1. The molecule has 4 heterocycles. The van der Waals surface area contributed by atoms with Crippen LogP contribution in [-0.4, -0.2) is 95.4 Å². The number of hydrogen-bond donors (Lipinski definition) is 4. The van der Waals surface area contributed by atoms with E-state index in [1.807, 2.05) is 23.6 Å². The number of piperazine rings is 1. The zero-order chi connectivity index (χ0) is 28.6.